The molecule has 0 aliphatic heterocycles. The zero-order valence-corrected chi connectivity index (χ0v) is 8.82. The van der Waals surface area contributed by atoms with Gasteiger partial charge in [0.05, 0.1) is 5.56 Å². The lowest BCUT2D eigenvalue weighted by molar-refractivity contribution is -0.136. The van der Waals surface area contributed by atoms with E-state index in [1.807, 2.05) is 0 Å². The minimum atomic E-state index is -4.52. The predicted octanol–water partition coefficient (Wildman–Crippen LogP) is 2.37. The molecule has 1 amide bonds. The molecule has 0 aliphatic rings. The smallest absolute Gasteiger partial charge is 0.288 e. The molecular weight excluding hydrogens is 249 g/mol. The van der Waals surface area contributed by atoms with Gasteiger partial charge in [0, 0.05) is 11.6 Å². The van der Waals surface area contributed by atoms with Crippen LogP contribution in [0.5, 0.6) is 0 Å². The highest BCUT2D eigenvalue weighted by molar-refractivity contribution is 6.05. The van der Waals surface area contributed by atoms with Crippen LogP contribution in [0, 0.1) is 0 Å². The van der Waals surface area contributed by atoms with Crippen LogP contribution >= 0.6 is 0 Å². The Morgan fingerprint density at radius 2 is 1.94 bits per heavy atom. The molecule has 2 aromatic rings. The van der Waals surface area contributed by atoms with Gasteiger partial charge in [-0.05, 0) is 17.5 Å². The predicted molar refractivity (Wildman–Crippen MR) is 56.0 cm³/mol. The van der Waals surface area contributed by atoms with Crippen LogP contribution in [0.15, 0.2) is 30.5 Å². The summed E-state index contributed by atoms with van der Waals surface area (Å²) in [4.78, 5) is 14.9. The van der Waals surface area contributed by atoms with E-state index in [9.17, 15) is 18.0 Å². The van der Waals surface area contributed by atoms with E-state index in [-0.39, 0.29) is 16.5 Å². The van der Waals surface area contributed by atoms with Gasteiger partial charge < -0.3 is 0 Å². The fraction of sp³-hybridized carbons (Fsp3) is 0.0909. The number of halogens is 3. The van der Waals surface area contributed by atoms with Gasteiger partial charge >= 0.3 is 6.18 Å². The van der Waals surface area contributed by atoms with Gasteiger partial charge in [-0.3, -0.25) is 15.0 Å². The Bertz CT molecular complexity index is 611. The van der Waals surface area contributed by atoms with Gasteiger partial charge in [0.15, 0.2) is 0 Å². The molecule has 0 unspecified atom stereocenters. The molecule has 0 saturated carbocycles. The molecule has 0 spiro atoms. The van der Waals surface area contributed by atoms with E-state index in [2.05, 4.69) is 4.98 Å². The standard InChI is InChI=1S/C11H7F3N2O2/c12-11(13,14)8-3-1-2-7-6(8)4-5-15-9(7)10(17)16-18/h1-5,18H,(H,16,17). The SMILES string of the molecule is O=C(NO)c1nccc2c(C(F)(F)F)cccc12. The molecule has 1 aromatic heterocycles. The number of carbonyl (C=O) groups is 1. The van der Waals surface area contributed by atoms with Gasteiger partial charge in [0.1, 0.15) is 5.69 Å². The Balaban J connectivity index is 2.78. The van der Waals surface area contributed by atoms with Gasteiger partial charge in [-0.25, -0.2) is 5.48 Å². The van der Waals surface area contributed by atoms with Gasteiger partial charge in [0.2, 0.25) is 0 Å². The molecule has 0 aliphatic carbocycles. The maximum absolute atomic E-state index is 12.8. The third kappa shape index (κ3) is 2.00. The van der Waals surface area contributed by atoms with Crippen molar-refractivity contribution in [1.82, 2.24) is 10.5 Å². The molecule has 1 heterocycles. The lowest BCUT2D eigenvalue weighted by atomic mass is 10.0. The molecule has 2 N–H and O–H groups in total. The average Bonchev–Trinajstić information content (AvgIpc) is 2.35. The van der Waals surface area contributed by atoms with Crippen LogP contribution in [0.3, 0.4) is 0 Å². The number of fused-ring (bicyclic) bond motifs is 1. The number of rotatable bonds is 1. The lowest BCUT2D eigenvalue weighted by Gasteiger charge is -2.11. The van der Waals surface area contributed by atoms with Crippen molar-refractivity contribution in [1.29, 1.82) is 0 Å². The van der Waals surface area contributed by atoms with E-state index >= 15 is 0 Å². The molecule has 0 radical (unpaired) electrons. The summed E-state index contributed by atoms with van der Waals surface area (Å²) in [7, 11) is 0. The monoisotopic (exact) mass is 256 g/mol. The molecule has 1 aromatic carbocycles. The van der Waals surface area contributed by atoms with Gasteiger partial charge in [-0.2, -0.15) is 13.2 Å². The summed E-state index contributed by atoms with van der Waals surface area (Å²) < 4.78 is 38.3. The molecule has 4 nitrogen and oxygen atoms in total. The minimum absolute atomic E-state index is 0.0267. The topological polar surface area (TPSA) is 62.2 Å². The number of aromatic nitrogens is 1. The number of alkyl halides is 3. The first-order valence-electron chi connectivity index (χ1n) is 4.84. The molecule has 94 valence electrons. The lowest BCUT2D eigenvalue weighted by Crippen LogP contribution is -2.20. The van der Waals surface area contributed by atoms with E-state index in [0.29, 0.717) is 0 Å². The quantitative estimate of drug-likeness (QED) is 0.608. The van der Waals surface area contributed by atoms with Crippen LogP contribution in [-0.2, 0) is 6.18 Å². The van der Waals surface area contributed by atoms with Crippen molar-refractivity contribution < 1.29 is 23.2 Å². The summed E-state index contributed by atoms with van der Waals surface area (Å²) >= 11 is 0. The maximum atomic E-state index is 12.8. The molecule has 7 heteroatoms. The molecule has 2 rings (SSSR count). The Morgan fingerprint density at radius 1 is 1.22 bits per heavy atom. The largest absolute Gasteiger partial charge is 0.417 e. The van der Waals surface area contributed by atoms with Gasteiger partial charge in [-0.1, -0.05) is 12.1 Å². The van der Waals surface area contributed by atoms with Crippen LogP contribution in [0.25, 0.3) is 10.8 Å². The average molecular weight is 256 g/mol. The highest BCUT2D eigenvalue weighted by atomic mass is 19.4. The number of hydrogen-bond donors (Lipinski definition) is 2. The number of hydroxylamine groups is 1. The summed E-state index contributed by atoms with van der Waals surface area (Å²) in [6.07, 6.45) is -3.43. The van der Waals surface area contributed by atoms with E-state index in [1.165, 1.54) is 23.7 Å². The van der Waals surface area contributed by atoms with E-state index in [4.69, 9.17) is 5.21 Å². The number of amides is 1. The number of nitrogens with zero attached hydrogens (tertiary/aromatic N) is 1. The molecule has 18 heavy (non-hydrogen) atoms. The maximum Gasteiger partial charge on any atom is 0.417 e. The number of pyridine rings is 1. The van der Waals surface area contributed by atoms with E-state index in [0.717, 1.165) is 12.3 Å². The first-order chi connectivity index (χ1) is 8.45. The Hall–Kier alpha value is -2.15. The van der Waals surface area contributed by atoms with Crippen molar-refractivity contribution in [3.05, 3.63) is 41.7 Å². The number of hydrogen-bond acceptors (Lipinski definition) is 3. The van der Waals surface area contributed by atoms with Crippen molar-refractivity contribution >= 4 is 16.7 Å². The van der Waals surface area contributed by atoms with E-state index in [1.54, 1.807) is 0 Å². The first kappa shape index (κ1) is 12.3. The van der Waals surface area contributed by atoms with Crippen molar-refractivity contribution in [2.75, 3.05) is 0 Å². The van der Waals surface area contributed by atoms with Crippen molar-refractivity contribution in [3.8, 4) is 0 Å². The normalized spacial score (nSPS) is 11.6. The molecule has 0 saturated heterocycles. The second kappa shape index (κ2) is 4.26. The summed E-state index contributed by atoms with van der Waals surface area (Å²) in [6, 6.07) is 4.61. The Labute approximate surface area is 99.0 Å². The highest BCUT2D eigenvalue weighted by Gasteiger charge is 2.32. The summed E-state index contributed by atoms with van der Waals surface area (Å²) in [5, 5.41) is 8.40. The molecule has 0 atom stereocenters. The Morgan fingerprint density at radius 3 is 2.56 bits per heavy atom. The van der Waals surface area contributed by atoms with Crippen LogP contribution in [0.1, 0.15) is 16.1 Å². The first-order valence-corrected chi connectivity index (χ1v) is 4.84. The zero-order valence-electron chi connectivity index (χ0n) is 8.82. The molecule has 0 bridgehead atoms. The zero-order chi connectivity index (χ0) is 13.3. The summed E-state index contributed by atoms with van der Waals surface area (Å²) in [5.74, 6) is -0.958. The number of nitrogens with one attached hydrogen (secondary N) is 1. The highest BCUT2D eigenvalue weighted by Crippen LogP contribution is 2.35. The summed E-state index contributed by atoms with van der Waals surface area (Å²) in [6.45, 7) is 0. The van der Waals surface area contributed by atoms with Crippen molar-refractivity contribution in [3.63, 3.8) is 0 Å². The van der Waals surface area contributed by atoms with Crippen LogP contribution in [0.2, 0.25) is 0 Å². The number of benzene rings is 1. The van der Waals surface area contributed by atoms with Crippen LogP contribution in [-0.4, -0.2) is 16.1 Å². The van der Waals surface area contributed by atoms with E-state index < -0.39 is 17.6 Å². The second-order valence-electron chi connectivity index (χ2n) is 3.50. The third-order valence-corrected chi connectivity index (χ3v) is 2.43. The van der Waals surface area contributed by atoms with Gasteiger partial charge in [0.25, 0.3) is 5.91 Å². The fourth-order valence-corrected chi connectivity index (χ4v) is 1.69. The van der Waals surface area contributed by atoms with Gasteiger partial charge in [-0.15, -0.1) is 0 Å². The van der Waals surface area contributed by atoms with Crippen LogP contribution < -0.4 is 5.48 Å². The Kier molecular flexibility index (Phi) is 2.92. The van der Waals surface area contributed by atoms with Crippen LogP contribution in [0.4, 0.5) is 13.2 Å². The third-order valence-electron chi connectivity index (χ3n) is 2.43. The van der Waals surface area contributed by atoms with Crippen molar-refractivity contribution in [2.24, 2.45) is 0 Å². The second-order valence-corrected chi connectivity index (χ2v) is 3.50. The molecular formula is C11H7F3N2O2. The fourth-order valence-electron chi connectivity index (χ4n) is 1.69. The number of carbonyl (C=O) groups excluding carboxylic acids is 1. The summed E-state index contributed by atoms with van der Waals surface area (Å²) in [5.41, 5.74) is 0.234. The minimum Gasteiger partial charge on any atom is -0.288 e. The van der Waals surface area contributed by atoms with Crippen molar-refractivity contribution in [2.45, 2.75) is 6.18 Å². The molecule has 0 fully saturated rings.